The molecule has 1 heterocycles. The summed E-state index contributed by atoms with van der Waals surface area (Å²) in [6.45, 7) is 7.84. The molecule has 0 saturated heterocycles. The molecule has 0 aromatic carbocycles. The highest BCUT2D eigenvalue weighted by Crippen LogP contribution is 2.36. The van der Waals surface area contributed by atoms with Gasteiger partial charge in [0.25, 0.3) is 0 Å². The number of carbonyl (C=O) groups excluding carboxylic acids is 2. The van der Waals surface area contributed by atoms with Crippen molar-refractivity contribution >= 4 is 17.6 Å². The number of nitrogens with zero attached hydrogens (tertiary/aromatic N) is 3. The quantitative estimate of drug-likeness (QED) is 0.766. The van der Waals surface area contributed by atoms with Gasteiger partial charge >= 0.3 is 0 Å². The molecule has 0 aliphatic heterocycles. The van der Waals surface area contributed by atoms with E-state index in [1.807, 2.05) is 27.7 Å². The van der Waals surface area contributed by atoms with Gasteiger partial charge in [0.2, 0.25) is 11.8 Å². The summed E-state index contributed by atoms with van der Waals surface area (Å²) < 4.78 is 2.14. The van der Waals surface area contributed by atoms with Crippen molar-refractivity contribution in [2.45, 2.75) is 71.9 Å². The molecule has 0 atom stereocenters. The molecule has 0 bridgehead atoms. The molecule has 2 rings (SSSR count). The molecule has 0 spiro atoms. The third-order valence-electron chi connectivity index (χ3n) is 5.50. The van der Waals surface area contributed by atoms with Gasteiger partial charge in [-0.1, -0.05) is 19.3 Å². The number of hydrogen-bond donors (Lipinski definition) is 2. The first-order chi connectivity index (χ1) is 12.8. The summed E-state index contributed by atoms with van der Waals surface area (Å²) in [5.41, 5.74) is 7.76. The van der Waals surface area contributed by atoms with Crippen molar-refractivity contribution < 1.29 is 9.59 Å². The predicted octanol–water partition coefficient (Wildman–Crippen LogP) is 2.62. The molecule has 7 heteroatoms. The lowest BCUT2D eigenvalue weighted by atomic mass is 9.95. The molecule has 1 aliphatic rings. The number of nitriles is 1. The molecule has 1 aromatic rings. The molecule has 7 nitrogen and oxygen atoms in total. The fourth-order valence-electron chi connectivity index (χ4n) is 3.86. The fourth-order valence-corrected chi connectivity index (χ4v) is 3.86. The van der Waals surface area contributed by atoms with Crippen LogP contribution in [0.4, 0.5) is 5.82 Å². The van der Waals surface area contributed by atoms with Crippen LogP contribution < -0.4 is 11.1 Å². The highest BCUT2D eigenvalue weighted by Gasteiger charge is 2.26. The molecular formula is C20H31N5O2. The predicted molar refractivity (Wildman–Crippen MR) is 105 cm³/mol. The maximum Gasteiger partial charge on any atom is 0.239 e. The summed E-state index contributed by atoms with van der Waals surface area (Å²) in [4.78, 5) is 25.7. The lowest BCUT2D eigenvalue weighted by molar-refractivity contribution is -0.121. The Hall–Kier alpha value is -2.33. The van der Waals surface area contributed by atoms with Crippen LogP contribution in [0, 0.1) is 25.2 Å². The average Bonchev–Trinajstić information content (AvgIpc) is 2.84. The molecule has 1 aromatic heterocycles. The zero-order chi connectivity index (χ0) is 20.1. The maximum absolute atomic E-state index is 12.7. The minimum absolute atomic E-state index is 0.00675. The third-order valence-corrected chi connectivity index (χ3v) is 5.50. The van der Waals surface area contributed by atoms with Crippen LogP contribution in [0.1, 0.15) is 68.8 Å². The maximum atomic E-state index is 12.7. The number of anilines is 1. The van der Waals surface area contributed by atoms with Crippen LogP contribution in [0.5, 0.6) is 0 Å². The van der Waals surface area contributed by atoms with E-state index in [0.29, 0.717) is 17.4 Å². The number of rotatable bonds is 7. The van der Waals surface area contributed by atoms with Gasteiger partial charge in [0, 0.05) is 17.8 Å². The van der Waals surface area contributed by atoms with Crippen LogP contribution in [0.3, 0.4) is 0 Å². The number of aromatic nitrogens is 1. The second-order valence-electron chi connectivity index (χ2n) is 7.72. The van der Waals surface area contributed by atoms with E-state index in [2.05, 4.69) is 16.0 Å². The smallest absolute Gasteiger partial charge is 0.239 e. The van der Waals surface area contributed by atoms with Gasteiger partial charge in [0.1, 0.15) is 11.9 Å². The van der Waals surface area contributed by atoms with Crippen molar-refractivity contribution in [1.29, 1.82) is 5.26 Å². The Morgan fingerprint density at radius 3 is 2.41 bits per heavy atom. The van der Waals surface area contributed by atoms with Gasteiger partial charge in [-0.15, -0.1) is 0 Å². The minimum atomic E-state index is -0.466. The summed E-state index contributed by atoms with van der Waals surface area (Å²) in [5.74, 6) is -0.116. The molecule has 3 N–H and O–H groups in total. The molecule has 27 heavy (non-hydrogen) atoms. The topological polar surface area (TPSA) is 104 Å². The van der Waals surface area contributed by atoms with E-state index in [1.165, 1.54) is 6.42 Å². The van der Waals surface area contributed by atoms with Gasteiger partial charge in [0.05, 0.1) is 18.7 Å². The zero-order valence-corrected chi connectivity index (χ0v) is 16.8. The van der Waals surface area contributed by atoms with E-state index < -0.39 is 5.91 Å². The fraction of sp³-hybridized carbons (Fsp3) is 0.650. The average molecular weight is 374 g/mol. The van der Waals surface area contributed by atoms with E-state index in [1.54, 1.807) is 4.90 Å². The molecule has 0 radical (unpaired) electrons. The Balaban J connectivity index is 2.28. The second kappa shape index (κ2) is 9.05. The van der Waals surface area contributed by atoms with Crippen LogP contribution in [-0.4, -0.2) is 40.4 Å². The molecule has 2 amide bonds. The number of amides is 2. The van der Waals surface area contributed by atoms with Crippen LogP contribution in [-0.2, 0) is 9.59 Å². The number of nitrogens with one attached hydrogen (secondary N) is 1. The van der Waals surface area contributed by atoms with E-state index >= 15 is 0 Å². The van der Waals surface area contributed by atoms with Gasteiger partial charge in [-0.2, -0.15) is 5.26 Å². The summed E-state index contributed by atoms with van der Waals surface area (Å²) in [6.07, 6.45) is 5.68. The van der Waals surface area contributed by atoms with Crippen molar-refractivity contribution in [3.63, 3.8) is 0 Å². The Morgan fingerprint density at radius 1 is 1.26 bits per heavy atom. The first-order valence-corrected chi connectivity index (χ1v) is 9.69. The van der Waals surface area contributed by atoms with Crippen molar-refractivity contribution in [1.82, 2.24) is 9.47 Å². The van der Waals surface area contributed by atoms with Gasteiger partial charge in [-0.25, -0.2) is 0 Å². The van der Waals surface area contributed by atoms with E-state index in [0.717, 1.165) is 36.9 Å². The molecule has 1 aliphatic carbocycles. The summed E-state index contributed by atoms with van der Waals surface area (Å²) in [5, 5.41) is 12.6. The first-order valence-electron chi connectivity index (χ1n) is 9.69. The Morgan fingerprint density at radius 2 is 1.89 bits per heavy atom. The summed E-state index contributed by atoms with van der Waals surface area (Å²) >= 11 is 0. The molecule has 1 fully saturated rings. The van der Waals surface area contributed by atoms with E-state index in [9.17, 15) is 14.9 Å². The van der Waals surface area contributed by atoms with E-state index in [-0.39, 0.29) is 25.0 Å². The Labute approximate surface area is 161 Å². The number of primary amides is 1. The molecule has 148 valence electrons. The van der Waals surface area contributed by atoms with Gasteiger partial charge in [-0.05, 0) is 46.1 Å². The van der Waals surface area contributed by atoms with Crippen LogP contribution in [0.15, 0.2) is 0 Å². The molecule has 1 saturated carbocycles. The van der Waals surface area contributed by atoms with Crippen LogP contribution >= 0.6 is 0 Å². The Kier molecular flexibility index (Phi) is 7.03. The van der Waals surface area contributed by atoms with Crippen LogP contribution in [0.2, 0.25) is 0 Å². The lowest BCUT2D eigenvalue weighted by Gasteiger charge is -2.28. The Bertz CT molecular complexity index is 739. The lowest BCUT2D eigenvalue weighted by Crippen LogP contribution is -2.43. The van der Waals surface area contributed by atoms with Gasteiger partial charge in [0.15, 0.2) is 0 Å². The van der Waals surface area contributed by atoms with Gasteiger partial charge in [-0.3, -0.25) is 14.5 Å². The van der Waals surface area contributed by atoms with Crippen molar-refractivity contribution in [2.24, 2.45) is 5.73 Å². The summed E-state index contributed by atoms with van der Waals surface area (Å²) in [6, 6.07) is 2.57. The third kappa shape index (κ3) is 4.89. The number of hydrogen-bond acceptors (Lipinski definition) is 4. The number of nitrogens with two attached hydrogens (primary N) is 1. The van der Waals surface area contributed by atoms with E-state index in [4.69, 9.17) is 5.73 Å². The van der Waals surface area contributed by atoms with Crippen molar-refractivity contribution in [3.8, 4) is 6.07 Å². The highest BCUT2D eigenvalue weighted by atomic mass is 16.2. The molecule has 0 unspecified atom stereocenters. The standard InChI is InChI=1S/C20H31N5O2/c1-13(2)24(11-18(22)26)12-19(27)23-20-17(10-21)14(3)15(4)25(20)16-8-6-5-7-9-16/h13,16H,5-9,11-12H2,1-4H3,(H2,22,26)(H,23,27). The largest absolute Gasteiger partial charge is 0.369 e. The second-order valence-corrected chi connectivity index (χ2v) is 7.72. The molecular weight excluding hydrogens is 342 g/mol. The van der Waals surface area contributed by atoms with Gasteiger partial charge < -0.3 is 15.6 Å². The minimum Gasteiger partial charge on any atom is -0.369 e. The normalized spacial score (nSPS) is 15.1. The van der Waals surface area contributed by atoms with Crippen LogP contribution in [0.25, 0.3) is 0 Å². The highest BCUT2D eigenvalue weighted by molar-refractivity contribution is 5.93. The zero-order valence-electron chi connectivity index (χ0n) is 16.8. The SMILES string of the molecule is Cc1c(C#N)c(NC(=O)CN(CC(N)=O)C(C)C)n(C2CCCCC2)c1C. The summed E-state index contributed by atoms with van der Waals surface area (Å²) in [7, 11) is 0. The van der Waals surface area contributed by atoms with Crippen molar-refractivity contribution in [3.05, 3.63) is 16.8 Å². The van der Waals surface area contributed by atoms with Crippen molar-refractivity contribution in [2.75, 3.05) is 18.4 Å². The first kappa shape index (κ1) is 21.0. The monoisotopic (exact) mass is 373 g/mol. The number of carbonyl (C=O) groups is 2.